The quantitative estimate of drug-likeness (QED) is 0.675. The van der Waals surface area contributed by atoms with Crippen LogP contribution in [0, 0.1) is 0 Å². The number of carbonyl (C=O) groups is 1. The van der Waals surface area contributed by atoms with Crippen LogP contribution in [-0.4, -0.2) is 22.9 Å². The van der Waals surface area contributed by atoms with Gasteiger partial charge in [0.25, 0.3) is 0 Å². The van der Waals surface area contributed by atoms with Gasteiger partial charge < -0.3 is 19.2 Å². The van der Waals surface area contributed by atoms with E-state index in [0.29, 0.717) is 34.7 Å². The van der Waals surface area contributed by atoms with E-state index in [1.807, 2.05) is 25.1 Å². The minimum atomic E-state index is -0.114. The Balaban J connectivity index is 1.33. The molecule has 0 fully saturated rings. The Kier molecular flexibility index (Phi) is 5.16. The monoisotopic (exact) mass is 399 g/mol. The van der Waals surface area contributed by atoms with Crippen LogP contribution < -0.4 is 14.8 Å². The third-order valence-corrected chi connectivity index (χ3v) is 4.65. The molecular weight excluding hydrogens is 382 g/mol. The molecule has 4 rings (SSSR count). The molecule has 0 radical (unpaired) electrons. The molecule has 8 heteroatoms. The van der Waals surface area contributed by atoms with E-state index in [0.717, 1.165) is 11.1 Å². The van der Waals surface area contributed by atoms with Gasteiger partial charge in [0.2, 0.25) is 24.5 Å². The highest BCUT2D eigenvalue weighted by Crippen LogP contribution is 2.35. The Bertz CT molecular complexity index is 987. The average molecular weight is 400 g/mol. The third-order valence-electron chi connectivity index (χ3n) is 4.40. The maximum Gasteiger partial charge on any atom is 0.247 e. The van der Waals surface area contributed by atoms with Crippen molar-refractivity contribution in [2.75, 3.05) is 6.79 Å². The summed E-state index contributed by atoms with van der Waals surface area (Å²) in [5.41, 5.74) is 1.73. The Morgan fingerprint density at radius 1 is 1.14 bits per heavy atom. The van der Waals surface area contributed by atoms with Gasteiger partial charge in [0.15, 0.2) is 11.5 Å². The second kappa shape index (κ2) is 7.90. The van der Waals surface area contributed by atoms with E-state index >= 15 is 0 Å². The first-order valence-electron chi connectivity index (χ1n) is 8.86. The molecule has 0 saturated carbocycles. The molecule has 1 unspecified atom stereocenters. The van der Waals surface area contributed by atoms with E-state index in [-0.39, 0.29) is 25.2 Å². The fourth-order valence-electron chi connectivity index (χ4n) is 2.87. The van der Waals surface area contributed by atoms with Gasteiger partial charge in [-0.05, 0) is 42.8 Å². The Morgan fingerprint density at radius 2 is 1.93 bits per heavy atom. The van der Waals surface area contributed by atoms with E-state index < -0.39 is 0 Å². The number of amides is 1. The van der Waals surface area contributed by atoms with E-state index in [9.17, 15) is 4.79 Å². The lowest BCUT2D eigenvalue weighted by Gasteiger charge is -2.14. The van der Waals surface area contributed by atoms with E-state index in [2.05, 4.69) is 15.5 Å². The van der Waals surface area contributed by atoms with Crippen LogP contribution in [0.3, 0.4) is 0 Å². The summed E-state index contributed by atoms with van der Waals surface area (Å²) in [6, 6.07) is 12.7. The van der Waals surface area contributed by atoms with Gasteiger partial charge in [0.05, 0.1) is 6.04 Å². The lowest BCUT2D eigenvalue weighted by Crippen LogP contribution is -2.26. The Hall–Kier alpha value is -3.06. The van der Waals surface area contributed by atoms with E-state index in [1.165, 1.54) is 0 Å². The van der Waals surface area contributed by atoms with Gasteiger partial charge in [-0.25, -0.2) is 0 Å². The van der Waals surface area contributed by atoms with Crippen LogP contribution in [0.2, 0.25) is 5.02 Å². The van der Waals surface area contributed by atoms with Crippen molar-refractivity contribution >= 4 is 17.5 Å². The van der Waals surface area contributed by atoms with Crippen LogP contribution in [0.15, 0.2) is 46.9 Å². The number of aryl methyl sites for hydroxylation is 1. The number of benzene rings is 2. The van der Waals surface area contributed by atoms with Crippen molar-refractivity contribution in [2.24, 2.45) is 0 Å². The summed E-state index contributed by atoms with van der Waals surface area (Å²) in [6.07, 6.45) is 0.609. The van der Waals surface area contributed by atoms with Crippen molar-refractivity contribution in [1.29, 1.82) is 0 Å². The smallest absolute Gasteiger partial charge is 0.247 e. The number of halogens is 1. The molecule has 144 valence electrons. The molecule has 0 aliphatic carbocycles. The van der Waals surface area contributed by atoms with E-state index in [1.54, 1.807) is 24.3 Å². The van der Waals surface area contributed by atoms with Gasteiger partial charge in [-0.3, -0.25) is 4.79 Å². The van der Waals surface area contributed by atoms with Crippen LogP contribution in [0.1, 0.15) is 30.8 Å². The highest BCUT2D eigenvalue weighted by molar-refractivity contribution is 6.30. The Morgan fingerprint density at radius 3 is 2.75 bits per heavy atom. The summed E-state index contributed by atoms with van der Waals surface area (Å²) in [5.74, 6) is 2.03. The van der Waals surface area contributed by atoms with Gasteiger partial charge >= 0.3 is 0 Å². The molecule has 3 aromatic rings. The zero-order chi connectivity index (χ0) is 19.5. The van der Waals surface area contributed by atoms with E-state index in [4.69, 9.17) is 25.5 Å². The van der Waals surface area contributed by atoms with Crippen molar-refractivity contribution in [3.8, 4) is 23.0 Å². The summed E-state index contributed by atoms with van der Waals surface area (Å²) in [7, 11) is 0. The molecule has 1 N–H and O–H groups in total. The van der Waals surface area contributed by atoms with Crippen molar-refractivity contribution < 1.29 is 18.7 Å². The second-order valence-electron chi connectivity index (χ2n) is 6.41. The molecule has 1 atom stereocenters. The fourth-order valence-corrected chi connectivity index (χ4v) is 3.00. The van der Waals surface area contributed by atoms with Crippen LogP contribution >= 0.6 is 11.6 Å². The van der Waals surface area contributed by atoms with Crippen molar-refractivity contribution in [3.63, 3.8) is 0 Å². The number of nitrogens with one attached hydrogen (secondary N) is 1. The van der Waals surface area contributed by atoms with Crippen LogP contribution in [0.4, 0.5) is 0 Å². The molecule has 1 aliphatic heterocycles. The Labute approximate surface area is 166 Å². The van der Waals surface area contributed by atoms with Crippen molar-refractivity contribution in [3.05, 3.63) is 58.9 Å². The van der Waals surface area contributed by atoms with Crippen LogP contribution in [0.5, 0.6) is 11.5 Å². The number of fused-ring (bicyclic) bond motifs is 1. The summed E-state index contributed by atoms with van der Waals surface area (Å²) < 4.78 is 16.3. The molecule has 2 heterocycles. The highest BCUT2D eigenvalue weighted by atomic mass is 35.5. The van der Waals surface area contributed by atoms with Gasteiger partial charge in [0, 0.05) is 23.4 Å². The van der Waals surface area contributed by atoms with Crippen molar-refractivity contribution in [1.82, 2.24) is 15.5 Å². The SMILES string of the molecule is CC(NC(=O)CCc1nnc(-c2ccc3c(c2)OCO3)o1)c1ccc(Cl)cc1. The molecule has 0 saturated heterocycles. The molecule has 1 aliphatic rings. The predicted octanol–water partition coefficient (Wildman–Crippen LogP) is 3.93. The maximum atomic E-state index is 12.2. The number of aromatic nitrogens is 2. The first-order valence-corrected chi connectivity index (χ1v) is 9.23. The summed E-state index contributed by atoms with van der Waals surface area (Å²) >= 11 is 5.89. The minimum absolute atomic E-state index is 0.0923. The molecular formula is C20H18ClN3O4. The first-order chi connectivity index (χ1) is 13.6. The average Bonchev–Trinajstić information content (AvgIpc) is 3.35. The van der Waals surface area contributed by atoms with Gasteiger partial charge in [0.1, 0.15) is 0 Å². The van der Waals surface area contributed by atoms with Crippen LogP contribution in [0.25, 0.3) is 11.5 Å². The largest absolute Gasteiger partial charge is 0.454 e. The molecule has 0 bridgehead atoms. The fraction of sp³-hybridized carbons (Fsp3) is 0.250. The zero-order valence-electron chi connectivity index (χ0n) is 15.1. The molecule has 28 heavy (non-hydrogen) atoms. The number of hydrogen-bond donors (Lipinski definition) is 1. The molecule has 2 aromatic carbocycles. The molecule has 7 nitrogen and oxygen atoms in total. The standard InChI is InChI=1S/C20H18ClN3O4/c1-12(13-2-5-15(21)6-3-13)22-18(25)8-9-19-23-24-20(28-19)14-4-7-16-17(10-14)27-11-26-16/h2-7,10,12H,8-9,11H2,1H3,(H,22,25). The molecule has 1 amide bonds. The lowest BCUT2D eigenvalue weighted by molar-refractivity contribution is -0.121. The van der Waals surface area contributed by atoms with Gasteiger partial charge in [-0.1, -0.05) is 23.7 Å². The van der Waals surface area contributed by atoms with Crippen LogP contribution in [-0.2, 0) is 11.2 Å². The maximum absolute atomic E-state index is 12.2. The zero-order valence-corrected chi connectivity index (χ0v) is 15.9. The summed E-state index contributed by atoms with van der Waals surface area (Å²) in [5, 5.41) is 11.7. The first kappa shape index (κ1) is 18.3. The lowest BCUT2D eigenvalue weighted by atomic mass is 10.1. The summed E-state index contributed by atoms with van der Waals surface area (Å²) in [4.78, 5) is 12.2. The topological polar surface area (TPSA) is 86.5 Å². The number of rotatable bonds is 6. The highest BCUT2D eigenvalue weighted by Gasteiger charge is 2.17. The number of hydrogen-bond acceptors (Lipinski definition) is 6. The minimum Gasteiger partial charge on any atom is -0.454 e. The number of carbonyl (C=O) groups excluding carboxylic acids is 1. The number of nitrogens with zero attached hydrogens (tertiary/aromatic N) is 2. The van der Waals surface area contributed by atoms with Gasteiger partial charge in [-0.2, -0.15) is 0 Å². The number of ether oxygens (including phenoxy) is 2. The molecule has 0 spiro atoms. The predicted molar refractivity (Wildman–Crippen MR) is 102 cm³/mol. The second-order valence-corrected chi connectivity index (χ2v) is 6.85. The van der Waals surface area contributed by atoms with Crippen molar-refractivity contribution in [2.45, 2.75) is 25.8 Å². The normalized spacial score (nSPS) is 13.4. The van der Waals surface area contributed by atoms with Gasteiger partial charge in [-0.15, -0.1) is 10.2 Å². The summed E-state index contributed by atoms with van der Waals surface area (Å²) in [6.45, 7) is 2.13. The molecule has 1 aromatic heterocycles. The third kappa shape index (κ3) is 4.09.